The molecular formula is C13H16N2. The molecule has 0 fully saturated rings. The van der Waals surface area contributed by atoms with Crippen molar-refractivity contribution in [1.82, 2.24) is 0 Å². The maximum atomic E-state index is 9.03. The van der Waals surface area contributed by atoms with E-state index in [-0.39, 0.29) is 5.41 Å². The smallest absolute Gasteiger partial charge is 0.0702 e. The SMILES string of the molecule is CC(C)(C#N)CN1CCc2ccccc21. The summed E-state index contributed by atoms with van der Waals surface area (Å²) in [5.41, 5.74) is 2.45. The van der Waals surface area contributed by atoms with Crippen molar-refractivity contribution in [3.63, 3.8) is 0 Å². The summed E-state index contributed by atoms with van der Waals surface area (Å²) in [5, 5.41) is 9.03. The minimum Gasteiger partial charge on any atom is -0.369 e. The molecule has 0 aliphatic carbocycles. The van der Waals surface area contributed by atoms with Crippen molar-refractivity contribution in [3.05, 3.63) is 29.8 Å². The topological polar surface area (TPSA) is 27.0 Å². The Bertz CT molecular complexity index is 401. The summed E-state index contributed by atoms with van der Waals surface area (Å²) < 4.78 is 0. The Balaban J connectivity index is 2.19. The van der Waals surface area contributed by atoms with Crippen LogP contribution >= 0.6 is 0 Å². The number of para-hydroxylation sites is 1. The molecule has 0 unspecified atom stereocenters. The van der Waals surface area contributed by atoms with Crippen LogP contribution in [0.15, 0.2) is 24.3 Å². The van der Waals surface area contributed by atoms with Crippen LogP contribution in [0.2, 0.25) is 0 Å². The molecular weight excluding hydrogens is 184 g/mol. The van der Waals surface area contributed by atoms with Crippen LogP contribution in [-0.4, -0.2) is 13.1 Å². The van der Waals surface area contributed by atoms with Crippen molar-refractivity contribution in [2.75, 3.05) is 18.0 Å². The zero-order valence-electron chi connectivity index (χ0n) is 9.33. The molecule has 0 amide bonds. The Morgan fingerprint density at radius 3 is 2.87 bits per heavy atom. The standard InChI is InChI=1S/C13H16N2/c1-13(2,9-14)10-15-8-7-11-5-3-4-6-12(11)15/h3-6H,7-8,10H2,1-2H3. The zero-order valence-corrected chi connectivity index (χ0v) is 9.33. The summed E-state index contributed by atoms with van der Waals surface area (Å²) in [7, 11) is 0. The first kappa shape index (κ1) is 10.0. The molecule has 2 heteroatoms. The largest absolute Gasteiger partial charge is 0.369 e. The van der Waals surface area contributed by atoms with Gasteiger partial charge in [-0.05, 0) is 31.9 Å². The van der Waals surface area contributed by atoms with Crippen LogP contribution in [0.25, 0.3) is 0 Å². The van der Waals surface area contributed by atoms with Gasteiger partial charge in [0.1, 0.15) is 0 Å². The van der Waals surface area contributed by atoms with Gasteiger partial charge in [0.15, 0.2) is 0 Å². The number of nitriles is 1. The van der Waals surface area contributed by atoms with Gasteiger partial charge in [0.2, 0.25) is 0 Å². The molecule has 0 spiro atoms. The van der Waals surface area contributed by atoms with E-state index >= 15 is 0 Å². The van der Waals surface area contributed by atoms with E-state index in [1.165, 1.54) is 11.3 Å². The molecule has 2 rings (SSSR count). The van der Waals surface area contributed by atoms with Crippen molar-refractivity contribution < 1.29 is 0 Å². The molecule has 2 nitrogen and oxygen atoms in total. The monoisotopic (exact) mass is 200 g/mol. The number of hydrogen-bond acceptors (Lipinski definition) is 2. The Morgan fingerprint density at radius 1 is 1.40 bits per heavy atom. The first-order chi connectivity index (χ1) is 7.12. The highest BCUT2D eigenvalue weighted by molar-refractivity contribution is 5.58. The molecule has 0 N–H and O–H groups in total. The predicted octanol–water partition coefficient (Wildman–Crippen LogP) is 2.60. The van der Waals surface area contributed by atoms with E-state index in [0.717, 1.165) is 19.5 Å². The van der Waals surface area contributed by atoms with Crippen LogP contribution in [0, 0.1) is 16.7 Å². The van der Waals surface area contributed by atoms with Crippen molar-refractivity contribution in [1.29, 1.82) is 5.26 Å². The zero-order chi connectivity index (χ0) is 10.9. The summed E-state index contributed by atoms with van der Waals surface area (Å²) in [4.78, 5) is 2.32. The van der Waals surface area contributed by atoms with Crippen molar-refractivity contribution in [3.8, 4) is 6.07 Å². The number of hydrogen-bond donors (Lipinski definition) is 0. The van der Waals surface area contributed by atoms with Gasteiger partial charge in [-0.1, -0.05) is 18.2 Å². The van der Waals surface area contributed by atoms with Crippen LogP contribution < -0.4 is 4.90 Å². The molecule has 0 saturated heterocycles. The van der Waals surface area contributed by atoms with Crippen molar-refractivity contribution >= 4 is 5.69 Å². The van der Waals surface area contributed by atoms with Gasteiger partial charge in [0, 0.05) is 18.8 Å². The van der Waals surface area contributed by atoms with Crippen molar-refractivity contribution in [2.24, 2.45) is 5.41 Å². The number of anilines is 1. The number of fused-ring (bicyclic) bond motifs is 1. The van der Waals surface area contributed by atoms with E-state index in [2.05, 4.69) is 35.2 Å². The fourth-order valence-electron chi connectivity index (χ4n) is 2.08. The Hall–Kier alpha value is -1.49. The molecule has 0 atom stereocenters. The molecule has 1 aliphatic rings. The molecule has 1 aromatic rings. The summed E-state index contributed by atoms with van der Waals surface area (Å²) in [6.07, 6.45) is 1.11. The van der Waals surface area contributed by atoms with E-state index in [0.29, 0.717) is 0 Å². The van der Waals surface area contributed by atoms with E-state index in [1.807, 2.05) is 13.8 Å². The van der Waals surface area contributed by atoms with Crippen molar-refractivity contribution in [2.45, 2.75) is 20.3 Å². The van der Waals surface area contributed by atoms with Crippen LogP contribution in [0.4, 0.5) is 5.69 Å². The molecule has 0 aromatic heterocycles. The van der Waals surface area contributed by atoms with Crippen LogP contribution in [-0.2, 0) is 6.42 Å². The highest BCUT2D eigenvalue weighted by atomic mass is 15.2. The van der Waals surface area contributed by atoms with Crippen LogP contribution in [0.5, 0.6) is 0 Å². The lowest BCUT2D eigenvalue weighted by Gasteiger charge is -2.26. The van der Waals surface area contributed by atoms with Gasteiger partial charge in [-0.25, -0.2) is 0 Å². The summed E-state index contributed by atoms with van der Waals surface area (Å²) in [6, 6.07) is 10.8. The van der Waals surface area contributed by atoms with E-state index in [4.69, 9.17) is 5.26 Å². The predicted molar refractivity (Wildman–Crippen MR) is 61.8 cm³/mol. The molecule has 78 valence electrons. The first-order valence-corrected chi connectivity index (χ1v) is 5.36. The van der Waals surface area contributed by atoms with E-state index in [9.17, 15) is 0 Å². The quantitative estimate of drug-likeness (QED) is 0.733. The summed E-state index contributed by atoms with van der Waals surface area (Å²) >= 11 is 0. The van der Waals surface area contributed by atoms with Gasteiger partial charge in [-0.15, -0.1) is 0 Å². The fourth-order valence-corrected chi connectivity index (χ4v) is 2.08. The summed E-state index contributed by atoms with van der Waals surface area (Å²) in [5.74, 6) is 0. The van der Waals surface area contributed by atoms with Gasteiger partial charge in [0.05, 0.1) is 11.5 Å². The maximum absolute atomic E-state index is 9.03. The second-order valence-corrected chi connectivity index (χ2v) is 4.80. The third kappa shape index (κ3) is 1.97. The first-order valence-electron chi connectivity index (χ1n) is 5.36. The highest BCUT2D eigenvalue weighted by Crippen LogP contribution is 2.30. The molecule has 1 heterocycles. The van der Waals surface area contributed by atoms with Gasteiger partial charge in [-0.2, -0.15) is 5.26 Å². The second-order valence-electron chi connectivity index (χ2n) is 4.80. The van der Waals surface area contributed by atoms with E-state index < -0.39 is 0 Å². The second kappa shape index (κ2) is 3.58. The number of benzene rings is 1. The van der Waals surface area contributed by atoms with Gasteiger partial charge in [0.25, 0.3) is 0 Å². The maximum Gasteiger partial charge on any atom is 0.0702 e. The minimum atomic E-state index is -0.266. The highest BCUT2D eigenvalue weighted by Gasteiger charge is 2.25. The Kier molecular flexibility index (Phi) is 2.40. The minimum absolute atomic E-state index is 0.266. The molecule has 1 aromatic carbocycles. The van der Waals surface area contributed by atoms with Crippen LogP contribution in [0.3, 0.4) is 0 Å². The Labute approximate surface area is 91.1 Å². The average Bonchev–Trinajstić information content (AvgIpc) is 2.62. The van der Waals surface area contributed by atoms with Crippen LogP contribution in [0.1, 0.15) is 19.4 Å². The third-order valence-corrected chi connectivity index (χ3v) is 2.87. The van der Waals surface area contributed by atoms with Gasteiger partial charge >= 0.3 is 0 Å². The number of nitrogens with zero attached hydrogens (tertiary/aromatic N) is 2. The molecule has 1 aliphatic heterocycles. The average molecular weight is 200 g/mol. The lowest BCUT2D eigenvalue weighted by atomic mass is 9.95. The molecule has 0 saturated carbocycles. The lowest BCUT2D eigenvalue weighted by Crippen LogP contribution is -2.32. The van der Waals surface area contributed by atoms with Gasteiger partial charge in [-0.3, -0.25) is 0 Å². The molecule has 0 radical (unpaired) electrons. The third-order valence-electron chi connectivity index (χ3n) is 2.87. The Morgan fingerprint density at radius 2 is 2.13 bits per heavy atom. The summed E-state index contributed by atoms with van der Waals surface area (Å²) in [6.45, 7) is 5.85. The molecule has 0 bridgehead atoms. The van der Waals surface area contributed by atoms with E-state index in [1.54, 1.807) is 0 Å². The van der Waals surface area contributed by atoms with Gasteiger partial charge < -0.3 is 4.90 Å². The number of rotatable bonds is 2. The molecule has 15 heavy (non-hydrogen) atoms. The lowest BCUT2D eigenvalue weighted by molar-refractivity contribution is 0.490. The fraction of sp³-hybridized carbons (Fsp3) is 0.462. The normalized spacial score (nSPS) is 14.9.